The molecule has 1 aliphatic heterocycles. The summed E-state index contributed by atoms with van der Waals surface area (Å²) in [4.78, 5) is 40.3. The first-order valence-corrected chi connectivity index (χ1v) is 14.0. The smallest absolute Gasteiger partial charge is 0.489 e. The Labute approximate surface area is 249 Å². The number of anilines is 1. The van der Waals surface area contributed by atoms with Crippen molar-refractivity contribution >= 4 is 23.7 Å². The Balaban J connectivity index is 1.80. The van der Waals surface area contributed by atoms with Crippen LogP contribution in [0.2, 0.25) is 0 Å². The van der Waals surface area contributed by atoms with E-state index in [0.29, 0.717) is 35.4 Å². The van der Waals surface area contributed by atoms with Gasteiger partial charge in [-0.1, -0.05) is 26.0 Å². The van der Waals surface area contributed by atoms with Gasteiger partial charge in [0.15, 0.2) is 0 Å². The van der Waals surface area contributed by atoms with Crippen molar-refractivity contribution in [3.8, 4) is 11.5 Å². The van der Waals surface area contributed by atoms with E-state index in [0.717, 1.165) is 16.0 Å². The molecule has 0 fully saturated rings. The van der Waals surface area contributed by atoms with Crippen LogP contribution >= 0.6 is 0 Å². The van der Waals surface area contributed by atoms with Crippen LogP contribution in [0.4, 0.5) is 23.7 Å². The van der Waals surface area contributed by atoms with Crippen molar-refractivity contribution < 1.29 is 46.9 Å². The second-order valence-corrected chi connectivity index (χ2v) is 12.0. The first kappa shape index (κ1) is 33.5. The van der Waals surface area contributed by atoms with Crippen LogP contribution in [0.1, 0.15) is 63.3 Å². The van der Waals surface area contributed by atoms with E-state index in [1.807, 2.05) is 20.8 Å². The van der Waals surface area contributed by atoms with Gasteiger partial charge in [-0.05, 0) is 86.9 Å². The third-order valence-electron chi connectivity index (χ3n) is 6.85. The molecule has 0 spiro atoms. The number of fused-ring (bicyclic) bond motifs is 1. The maximum Gasteiger partial charge on any atom is 0.573 e. The summed E-state index contributed by atoms with van der Waals surface area (Å²) in [6.07, 6.45) is -5.35. The van der Waals surface area contributed by atoms with Gasteiger partial charge in [-0.3, -0.25) is 14.5 Å². The number of hydrogen-bond donors (Lipinski definition) is 1. The lowest BCUT2D eigenvalue weighted by atomic mass is 10.0. The number of carbonyl (C=O) groups is 3. The zero-order valence-electron chi connectivity index (χ0n) is 25.5. The van der Waals surface area contributed by atoms with Gasteiger partial charge in [0.1, 0.15) is 29.7 Å². The molecule has 0 aliphatic carbocycles. The number of benzene rings is 2. The topological polar surface area (TPSA) is 106 Å². The molecule has 0 saturated heterocycles. The molecule has 1 atom stereocenters. The SMILES string of the molecule is Cc1c(OCc2ccc(CC(C)C)c(OC(F)(F)F)c2)ccc2c1CCN2C(=O)[C@@H](CC(=O)O)N(C)C(=O)OC(C)(C)C. The third kappa shape index (κ3) is 9.01. The molecule has 1 heterocycles. The van der Waals surface area contributed by atoms with Crippen molar-refractivity contribution in [2.75, 3.05) is 18.5 Å². The molecule has 0 unspecified atom stereocenters. The number of alkyl halides is 3. The summed E-state index contributed by atoms with van der Waals surface area (Å²) in [5.74, 6) is -1.43. The lowest BCUT2D eigenvalue weighted by Crippen LogP contribution is -2.51. The molecule has 0 aromatic heterocycles. The van der Waals surface area contributed by atoms with Gasteiger partial charge in [0.05, 0.1) is 6.42 Å². The molecule has 1 aliphatic rings. The van der Waals surface area contributed by atoms with Crippen LogP contribution in [0.5, 0.6) is 11.5 Å². The maximum atomic E-state index is 13.6. The molecule has 236 valence electrons. The van der Waals surface area contributed by atoms with Crippen LogP contribution in [0.3, 0.4) is 0 Å². The zero-order valence-corrected chi connectivity index (χ0v) is 25.5. The Morgan fingerprint density at radius 2 is 1.74 bits per heavy atom. The second kappa shape index (κ2) is 13.1. The minimum Gasteiger partial charge on any atom is -0.489 e. The number of rotatable bonds is 10. The molecule has 3 rings (SSSR count). The summed E-state index contributed by atoms with van der Waals surface area (Å²) in [6.45, 7) is 10.9. The largest absolute Gasteiger partial charge is 0.573 e. The number of halogens is 3. The number of likely N-dealkylation sites (N-methyl/N-ethyl adjacent to an activating group) is 1. The molecule has 0 saturated carbocycles. The van der Waals surface area contributed by atoms with Crippen molar-refractivity contribution in [1.29, 1.82) is 0 Å². The number of carboxylic acid groups (broad SMARTS) is 1. The molecule has 2 aromatic rings. The predicted molar refractivity (Wildman–Crippen MR) is 153 cm³/mol. The monoisotopic (exact) mass is 608 g/mol. The maximum absolute atomic E-state index is 13.6. The van der Waals surface area contributed by atoms with Gasteiger partial charge < -0.3 is 24.2 Å². The number of aliphatic carboxylic acids is 1. The normalized spacial score (nSPS) is 13.9. The molecule has 0 radical (unpaired) electrons. The van der Waals surface area contributed by atoms with E-state index >= 15 is 0 Å². The quantitative estimate of drug-likeness (QED) is 0.339. The first-order valence-electron chi connectivity index (χ1n) is 14.0. The van der Waals surface area contributed by atoms with Gasteiger partial charge in [-0.2, -0.15) is 0 Å². The van der Waals surface area contributed by atoms with Crippen molar-refractivity contribution in [3.63, 3.8) is 0 Å². The molecule has 2 aromatic carbocycles. The predicted octanol–water partition coefficient (Wildman–Crippen LogP) is 6.27. The zero-order chi connectivity index (χ0) is 32.3. The van der Waals surface area contributed by atoms with Crippen LogP contribution in [0, 0.1) is 12.8 Å². The van der Waals surface area contributed by atoms with Crippen molar-refractivity contribution in [3.05, 3.63) is 52.6 Å². The summed E-state index contributed by atoms with van der Waals surface area (Å²) in [5, 5.41) is 9.46. The number of hydrogen-bond acceptors (Lipinski definition) is 6. The Bertz CT molecular complexity index is 1350. The summed E-state index contributed by atoms with van der Waals surface area (Å²) >= 11 is 0. The fraction of sp³-hybridized carbons (Fsp3) is 0.516. The molecule has 1 N–H and O–H groups in total. The van der Waals surface area contributed by atoms with E-state index in [-0.39, 0.29) is 24.8 Å². The first-order chi connectivity index (χ1) is 19.9. The standard InChI is InChI=1S/C31H39F3N2O7/c1-18(2)14-21-9-8-20(15-26(21)42-31(32,33)34)17-41-25-11-10-23-22(19(25)3)12-13-36(23)28(39)24(16-27(37)38)35(7)29(40)43-30(4,5)6/h8-11,15,18,24H,12-14,16-17H2,1-7H3,(H,37,38)/t24-/m1/s1. The van der Waals surface area contributed by atoms with Crippen molar-refractivity contribution in [2.24, 2.45) is 5.92 Å². The number of nitrogens with zero attached hydrogens (tertiary/aromatic N) is 2. The van der Waals surface area contributed by atoms with Gasteiger partial charge in [-0.15, -0.1) is 13.2 Å². The number of ether oxygens (including phenoxy) is 3. The molecule has 43 heavy (non-hydrogen) atoms. The molecule has 0 bridgehead atoms. The minimum atomic E-state index is -4.82. The molecular weight excluding hydrogens is 569 g/mol. The Morgan fingerprint density at radius 3 is 2.33 bits per heavy atom. The lowest BCUT2D eigenvalue weighted by molar-refractivity contribution is -0.275. The lowest BCUT2D eigenvalue weighted by Gasteiger charge is -2.31. The average Bonchev–Trinajstić information content (AvgIpc) is 3.30. The highest BCUT2D eigenvalue weighted by molar-refractivity contribution is 6.02. The van der Waals surface area contributed by atoms with Gasteiger partial charge in [0, 0.05) is 19.3 Å². The highest BCUT2D eigenvalue weighted by atomic mass is 19.4. The fourth-order valence-electron chi connectivity index (χ4n) is 4.89. The summed E-state index contributed by atoms with van der Waals surface area (Å²) in [5.41, 5.74) is 2.23. The van der Waals surface area contributed by atoms with Crippen LogP contribution in [-0.4, -0.2) is 59.6 Å². The van der Waals surface area contributed by atoms with E-state index in [1.165, 1.54) is 18.0 Å². The van der Waals surface area contributed by atoms with Gasteiger partial charge in [0.25, 0.3) is 5.91 Å². The Morgan fingerprint density at radius 1 is 1.07 bits per heavy atom. The van der Waals surface area contributed by atoms with Gasteiger partial charge in [0.2, 0.25) is 0 Å². The second-order valence-electron chi connectivity index (χ2n) is 12.0. The van der Waals surface area contributed by atoms with E-state index in [2.05, 4.69) is 4.74 Å². The molecule has 2 amide bonds. The van der Waals surface area contributed by atoms with Crippen LogP contribution < -0.4 is 14.4 Å². The molecular formula is C31H39F3N2O7. The highest BCUT2D eigenvalue weighted by Crippen LogP contribution is 2.37. The summed E-state index contributed by atoms with van der Waals surface area (Å²) in [6, 6.07) is 6.69. The van der Waals surface area contributed by atoms with E-state index < -0.39 is 42.4 Å². The Hall–Kier alpha value is -3.96. The van der Waals surface area contributed by atoms with Crippen molar-refractivity contribution in [2.45, 2.75) is 85.4 Å². The van der Waals surface area contributed by atoms with Crippen LogP contribution in [-0.2, 0) is 33.8 Å². The van der Waals surface area contributed by atoms with E-state index in [4.69, 9.17) is 9.47 Å². The fourth-order valence-corrected chi connectivity index (χ4v) is 4.89. The summed E-state index contributed by atoms with van der Waals surface area (Å²) < 4.78 is 54.7. The van der Waals surface area contributed by atoms with E-state index in [9.17, 15) is 32.7 Å². The van der Waals surface area contributed by atoms with Crippen LogP contribution in [0.25, 0.3) is 0 Å². The average molecular weight is 609 g/mol. The Kier molecular flexibility index (Phi) is 10.2. The van der Waals surface area contributed by atoms with Crippen LogP contribution in [0.15, 0.2) is 30.3 Å². The number of carbonyl (C=O) groups excluding carboxylic acids is 2. The van der Waals surface area contributed by atoms with Gasteiger partial charge in [-0.25, -0.2) is 4.79 Å². The van der Waals surface area contributed by atoms with Crippen molar-refractivity contribution in [1.82, 2.24) is 4.90 Å². The highest BCUT2D eigenvalue weighted by Gasteiger charge is 2.38. The number of amides is 2. The van der Waals surface area contributed by atoms with E-state index in [1.54, 1.807) is 45.0 Å². The molecule has 9 nitrogen and oxygen atoms in total. The van der Waals surface area contributed by atoms with Gasteiger partial charge >= 0.3 is 18.4 Å². The molecule has 12 heteroatoms. The summed E-state index contributed by atoms with van der Waals surface area (Å²) in [7, 11) is 1.33. The third-order valence-corrected chi connectivity index (χ3v) is 6.85. The minimum absolute atomic E-state index is 0.0141. The number of carboxylic acids is 1.